The van der Waals surface area contributed by atoms with E-state index in [4.69, 9.17) is 0 Å². The van der Waals surface area contributed by atoms with Crippen LogP contribution in [0.4, 0.5) is 0 Å². The van der Waals surface area contributed by atoms with E-state index in [-0.39, 0.29) is 24.9 Å². The minimum atomic E-state index is -1.07. The van der Waals surface area contributed by atoms with Gasteiger partial charge in [-0.2, -0.15) is 0 Å². The highest BCUT2D eigenvalue weighted by Gasteiger charge is 2.29. The largest absolute Gasteiger partial charge is 0.480 e. The fourth-order valence-corrected chi connectivity index (χ4v) is 2.11. The van der Waals surface area contributed by atoms with Gasteiger partial charge >= 0.3 is 5.97 Å². The van der Waals surface area contributed by atoms with Crippen LogP contribution in [0.1, 0.15) is 32.3 Å². The molecule has 1 rings (SSSR count). The minimum absolute atomic E-state index is 0.156. The van der Waals surface area contributed by atoms with Crippen LogP contribution >= 0.6 is 0 Å². The molecule has 0 aliphatic rings. The number of hydrogen-bond acceptors (Lipinski definition) is 3. The molecule has 1 aromatic carbocycles. The fourth-order valence-electron chi connectivity index (χ4n) is 2.11. The summed E-state index contributed by atoms with van der Waals surface area (Å²) in [6.45, 7) is 4.96. The van der Waals surface area contributed by atoms with Gasteiger partial charge in [-0.1, -0.05) is 30.3 Å². The third-order valence-electron chi connectivity index (χ3n) is 3.50. The van der Waals surface area contributed by atoms with Crippen LogP contribution in [0.15, 0.2) is 30.3 Å². The SMILES string of the molecule is CC(=O)NCCN(C(=O)[C@H](C)c1ccccc1)C(C)C(=O)O. The van der Waals surface area contributed by atoms with Crippen molar-refractivity contribution in [2.45, 2.75) is 32.7 Å². The van der Waals surface area contributed by atoms with Crippen LogP contribution in [0.2, 0.25) is 0 Å². The van der Waals surface area contributed by atoms with Crippen LogP contribution in [0.5, 0.6) is 0 Å². The van der Waals surface area contributed by atoms with Crippen molar-refractivity contribution in [2.75, 3.05) is 13.1 Å². The van der Waals surface area contributed by atoms with Gasteiger partial charge in [0.15, 0.2) is 0 Å². The van der Waals surface area contributed by atoms with Gasteiger partial charge in [0, 0.05) is 20.0 Å². The predicted octanol–water partition coefficient (Wildman–Crippen LogP) is 1.23. The molecule has 6 heteroatoms. The average Bonchev–Trinajstić information content (AvgIpc) is 2.50. The molecule has 0 radical (unpaired) electrons. The van der Waals surface area contributed by atoms with Crippen LogP contribution < -0.4 is 5.32 Å². The van der Waals surface area contributed by atoms with Gasteiger partial charge in [0.1, 0.15) is 6.04 Å². The average molecular weight is 306 g/mol. The van der Waals surface area contributed by atoms with Crippen molar-refractivity contribution in [3.8, 4) is 0 Å². The van der Waals surface area contributed by atoms with Gasteiger partial charge in [0.2, 0.25) is 11.8 Å². The molecule has 6 nitrogen and oxygen atoms in total. The van der Waals surface area contributed by atoms with Crippen LogP contribution in [0, 0.1) is 0 Å². The number of carboxylic acids is 1. The van der Waals surface area contributed by atoms with Crippen molar-refractivity contribution in [3.05, 3.63) is 35.9 Å². The number of nitrogens with zero attached hydrogens (tertiary/aromatic N) is 1. The smallest absolute Gasteiger partial charge is 0.326 e. The van der Waals surface area contributed by atoms with E-state index in [2.05, 4.69) is 5.32 Å². The molecule has 1 unspecified atom stereocenters. The Bertz CT molecular complexity index is 530. The number of carboxylic acid groups (broad SMARTS) is 1. The van der Waals surface area contributed by atoms with E-state index >= 15 is 0 Å². The summed E-state index contributed by atoms with van der Waals surface area (Å²) in [5, 5.41) is 11.8. The fraction of sp³-hybridized carbons (Fsp3) is 0.438. The van der Waals surface area contributed by atoms with Crippen molar-refractivity contribution in [1.29, 1.82) is 0 Å². The van der Waals surface area contributed by atoms with E-state index < -0.39 is 17.9 Å². The van der Waals surface area contributed by atoms with Gasteiger partial charge in [-0.15, -0.1) is 0 Å². The van der Waals surface area contributed by atoms with E-state index in [1.807, 2.05) is 30.3 Å². The third kappa shape index (κ3) is 4.87. The number of nitrogens with one attached hydrogen (secondary N) is 1. The first-order valence-electron chi connectivity index (χ1n) is 7.17. The Morgan fingerprint density at radius 3 is 2.27 bits per heavy atom. The lowest BCUT2D eigenvalue weighted by atomic mass is 9.99. The van der Waals surface area contributed by atoms with Gasteiger partial charge in [0.25, 0.3) is 0 Å². The Labute approximate surface area is 130 Å². The second-order valence-corrected chi connectivity index (χ2v) is 5.16. The summed E-state index contributed by atoms with van der Waals surface area (Å²) >= 11 is 0. The number of benzene rings is 1. The zero-order valence-corrected chi connectivity index (χ0v) is 13.1. The van der Waals surface area contributed by atoms with Crippen LogP contribution in [-0.4, -0.2) is 46.9 Å². The Hall–Kier alpha value is -2.37. The first-order chi connectivity index (χ1) is 10.3. The highest BCUT2D eigenvalue weighted by molar-refractivity contribution is 5.87. The quantitative estimate of drug-likeness (QED) is 0.793. The molecule has 0 aromatic heterocycles. The summed E-state index contributed by atoms with van der Waals surface area (Å²) in [6.07, 6.45) is 0. The van der Waals surface area contributed by atoms with Gasteiger partial charge in [-0.25, -0.2) is 4.79 Å². The molecule has 2 atom stereocenters. The molecule has 22 heavy (non-hydrogen) atoms. The van der Waals surface area contributed by atoms with Gasteiger partial charge < -0.3 is 15.3 Å². The van der Waals surface area contributed by atoms with Crippen molar-refractivity contribution in [1.82, 2.24) is 10.2 Å². The summed E-state index contributed by atoms with van der Waals surface area (Å²) in [7, 11) is 0. The van der Waals surface area contributed by atoms with Crippen LogP contribution in [-0.2, 0) is 14.4 Å². The lowest BCUT2D eigenvalue weighted by molar-refractivity contribution is -0.149. The molecule has 0 aliphatic carbocycles. The van der Waals surface area contributed by atoms with E-state index in [0.29, 0.717) is 0 Å². The van der Waals surface area contributed by atoms with E-state index in [1.165, 1.54) is 18.7 Å². The highest BCUT2D eigenvalue weighted by Crippen LogP contribution is 2.19. The maximum absolute atomic E-state index is 12.6. The number of rotatable bonds is 7. The van der Waals surface area contributed by atoms with Crippen molar-refractivity contribution >= 4 is 17.8 Å². The molecule has 2 amide bonds. The lowest BCUT2D eigenvalue weighted by Gasteiger charge is -2.29. The molecule has 0 saturated carbocycles. The molecule has 0 saturated heterocycles. The first kappa shape index (κ1) is 17.7. The normalized spacial score (nSPS) is 13.0. The summed E-state index contributed by atoms with van der Waals surface area (Å²) in [6, 6.07) is 8.24. The Balaban J connectivity index is 2.86. The number of carbonyl (C=O) groups is 3. The molecule has 0 spiro atoms. The molecule has 0 aliphatic heterocycles. The Morgan fingerprint density at radius 1 is 1.18 bits per heavy atom. The van der Waals surface area contributed by atoms with Crippen molar-refractivity contribution in [2.24, 2.45) is 0 Å². The second-order valence-electron chi connectivity index (χ2n) is 5.16. The molecule has 0 bridgehead atoms. The zero-order valence-electron chi connectivity index (χ0n) is 13.1. The molecular weight excluding hydrogens is 284 g/mol. The van der Waals surface area contributed by atoms with Gasteiger partial charge in [-0.05, 0) is 19.4 Å². The van der Waals surface area contributed by atoms with Crippen LogP contribution in [0.25, 0.3) is 0 Å². The monoisotopic (exact) mass is 306 g/mol. The standard InChI is InChI=1S/C16H22N2O4/c1-11(14-7-5-4-6-8-14)15(20)18(12(2)16(21)22)10-9-17-13(3)19/h4-8,11-12H,9-10H2,1-3H3,(H,17,19)(H,21,22)/t11-,12?/m1/s1. The van der Waals surface area contributed by atoms with Gasteiger partial charge in [-0.3, -0.25) is 9.59 Å². The molecular formula is C16H22N2O4. The molecule has 0 fully saturated rings. The van der Waals surface area contributed by atoms with Gasteiger partial charge in [0.05, 0.1) is 5.92 Å². The topological polar surface area (TPSA) is 86.7 Å². The maximum Gasteiger partial charge on any atom is 0.326 e. The van der Waals surface area contributed by atoms with Crippen molar-refractivity contribution < 1.29 is 19.5 Å². The molecule has 0 heterocycles. The molecule has 1 aromatic rings. The van der Waals surface area contributed by atoms with Crippen molar-refractivity contribution in [3.63, 3.8) is 0 Å². The number of aliphatic carboxylic acids is 1. The second kappa shape index (κ2) is 8.17. The van der Waals surface area contributed by atoms with E-state index in [0.717, 1.165) is 5.56 Å². The first-order valence-corrected chi connectivity index (χ1v) is 7.17. The van der Waals surface area contributed by atoms with E-state index in [1.54, 1.807) is 6.92 Å². The number of hydrogen-bond donors (Lipinski definition) is 2. The molecule has 2 N–H and O–H groups in total. The summed E-state index contributed by atoms with van der Waals surface area (Å²) in [5.41, 5.74) is 0.828. The number of amides is 2. The highest BCUT2D eigenvalue weighted by atomic mass is 16.4. The van der Waals surface area contributed by atoms with Crippen LogP contribution in [0.3, 0.4) is 0 Å². The molecule has 120 valence electrons. The summed E-state index contributed by atoms with van der Waals surface area (Å²) in [5.74, 6) is -2.00. The predicted molar refractivity (Wildman–Crippen MR) is 82.4 cm³/mol. The third-order valence-corrected chi connectivity index (χ3v) is 3.50. The maximum atomic E-state index is 12.6. The Kier molecular flexibility index (Phi) is 6.56. The minimum Gasteiger partial charge on any atom is -0.480 e. The summed E-state index contributed by atoms with van der Waals surface area (Å²) in [4.78, 5) is 36.0. The number of carbonyl (C=O) groups excluding carboxylic acids is 2. The summed E-state index contributed by atoms with van der Waals surface area (Å²) < 4.78 is 0. The zero-order chi connectivity index (χ0) is 16.7. The van der Waals surface area contributed by atoms with E-state index in [9.17, 15) is 19.5 Å². The Morgan fingerprint density at radius 2 is 1.77 bits per heavy atom. The lowest BCUT2D eigenvalue weighted by Crippen LogP contribution is -2.48.